The van der Waals surface area contributed by atoms with Crippen LogP contribution in [0.1, 0.15) is 20.8 Å². The monoisotopic (exact) mass is 314 g/mol. The van der Waals surface area contributed by atoms with Crippen LogP contribution in [0.2, 0.25) is 0 Å². The summed E-state index contributed by atoms with van der Waals surface area (Å²) in [5.74, 6) is -2.20. The molecule has 0 aromatic heterocycles. The predicted octanol–water partition coefficient (Wildman–Crippen LogP) is -0.0331. The zero-order valence-electron chi connectivity index (χ0n) is 12.0. The number of hydrogen-bond acceptors (Lipinski definition) is 5. The summed E-state index contributed by atoms with van der Waals surface area (Å²) in [6.45, 7) is 4.76. The number of carbonyl (C=O) groups is 3. The largest absolute Gasteiger partial charge is 0.477 e. The number of β-lactam (4-membered cyclic amide) rings is 1. The van der Waals surface area contributed by atoms with Crippen LogP contribution in [0.5, 0.6) is 0 Å². The van der Waals surface area contributed by atoms with E-state index in [1.54, 1.807) is 0 Å². The second-order valence-electron chi connectivity index (χ2n) is 5.29. The summed E-state index contributed by atoms with van der Waals surface area (Å²) in [6, 6.07) is -0.316. The lowest BCUT2D eigenvalue weighted by atomic mass is 9.79. The standard InChI is InChI=1S/C13H18N2O5S/c1-5-9-8(6(2)16)12(18)15(9)10(13(19)20)11(5)21-4-14-7(3)17/h5-6,8-9,16H,4H2,1-3H3,(H,14,17)(H,19,20)/t5-,6?,8-,9-/m1/s1. The van der Waals surface area contributed by atoms with Crippen LogP contribution in [0, 0.1) is 11.8 Å². The molecule has 3 N–H and O–H groups in total. The minimum absolute atomic E-state index is 0.0234. The maximum absolute atomic E-state index is 12.1. The number of rotatable bonds is 5. The second-order valence-corrected chi connectivity index (χ2v) is 6.31. The Morgan fingerprint density at radius 1 is 1.48 bits per heavy atom. The molecular weight excluding hydrogens is 296 g/mol. The minimum atomic E-state index is -1.16. The van der Waals surface area contributed by atoms with Gasteiger partial charge in [-0.25, -0.2) is 4.79 Å². The molecule has 0 aromatic carbocycles. The lowest BCUT2D eigenvalue weighted by Gasteiger charge is -2.46. The fourth-order valence-electron chi connectivity index (χ4n) is 2.93. The van der Waals surface area contributed by atoms with Gasteiger partial charge in [0.05, 0.1) is 23.9 Å². The average molecular weight is 314 g/mol. The summed E-state index contributed by atoms with van der Waals surface area (Å²) in [6.07, 6.45) is -0.809. The molecule has 2 rings (SSSR count). The van der Waals surface area contributed by atoms with Crippen molar-refractivity contribution in [2.75, 3.05) is 5.88 Å². The van der Waals surface area contributed by atoms with Gasteiger partial charge < -0.3 is 20.4 Å². The van der Waals surface area contributed by atoms with Gasteiger partial charge in [0.25, 0.3) is 0 Å². The first-order chi connectivity index (χ1) is 9.77. The number of hydrogen-bond donors (Lipinski definition) is 3. The fraction of sp³-hybridized carbons (Fsp3) is 0.615. The number of nitrogens with one attached hydrogen (secondary N) is 1. The van der Waals surface area contributed by atoms with Crippen LogP contribution in [-0.2, 0) is 14.4 Å². The fourth-order valence-corrected chi connectivity index (χ4v) is 4.09. The van der Waals surface area contributed by atoms with E-state index in [1.165, 1.54) is 30.5 Å². The van der Waals surface area contributed by atoms with E-state index in [0.717, 1.165) is 0 Å². The Morgan fingerprint density at radius 3 is 2.57 bits per heavy atom. The maximum atomic E-state index is 12.1. The van der Waals surface area contributed by atoms with Gasteiger partial charge in [-0.15, -0.1) is 11.8 Å². The van der Waals surface area contributed by atoms with Gasteiger partial charge in [0.2, 0.25) is 11.8 Å². The summed E-state index contributed by atoms with van der Waals surface area (Å²) >= 11 is 1.21. The van der Waals surface area contributed by atoms with E-state index >= 15 is 0 Å². The van der Waals surface area contributed by atoms with Crippen molar-refractivity contribution in [1.29, 1.82) is 0 Å². The van der Waals surface area contributed by atoms with Crippen LogP contribution in [0.15, 0.2) is 10.6 Å². The molecule has 0 aromatic rings. The number of amides is 2. The van der Waals surface area contributed by atoms with Crippen molar-refractivity contribution in [3.63, 3.8) is 0 Å². The molecule has 7 nitrogen and oxygen atoms in total. The molecule has 1 unspecified atom stereocenters. The predicted molar refractivity (Wildman–Crippen MR) is 75.9 cm³/mol. The highest BCUT2D eigenvalue weighted by Gasteiger charge is 2.59. The third-order valence-corrected chi connectivity index (χ3v) is 5.02. The van der Waals surface area contributed by atoms with Crippen LogP contribution in [0.25, 0.3) is 0 Å². The Morgan fingerprint density at radius 2 is 2.10 bits per heavy atom. The zero-order valence-corrected chi connectivity index (χ0v) is 12.8. The van der Waals surface area contributed by atoms with E-state index in [1.807, 2.05) is 6.92 Å². The first-order valence-electron chi connectivity index (χ1n) is 6.63. The number of nitrogens with zero attached hydrogens (tertiary/aromatic N) is 1. The third-order valence-electron chi connectivity index (χ3n) is 3.86. The Bertz CT molecular complexity index is 531. The van der Waals surface area contributed by atoms with Gasteiger partial charge in [-0.2, -0.15) is 0 Å². The van der Waals surface area contributed by atoms with Crippen LogP contribution in [-0.4, -0.2) is 50.9 Å². The van der Waals surface area contributed by atoms with E-state index in [2.05, 4.69) is 5.32 Å². The number of thioether (sulfide) groups is 1. The van der Waals surface area contributed by atoms with Crippen LogP contribution in [0.3, 0.4) is 0 Å². The molecule has 8 heteroatoms. The molecule has 0 bridgehead atoms. The number of aliphatic carboxylic acids is 1. The quantitative estimate of drug-likeness (QED) is 0.486. The average Bonchev–Trinajstić information content (AvgIpc) is 2.59. The van der Waals surface area contributed by atoms with Crippen molar-refractivity contribution in [2.24, 2.45) is 11.8 Å². The lowest BCUT2D eigenvalue weighted by molar-refractivity contribution is -0.163. The molecule has 1 fully saturated rings. The smallest absolute Gasteiger partial charge is 0.353 e. The van der Waals surface area contributed by atoms with Crippen molar-refractivity contribution < 1.29 is 24.6 Å². The minimum Gasteiger partial charge on any atom is -0.477 e. The van der Waals surface area contributed by atoms with Gasteiger partial charge >= 0.3 is 5.97 Å². The van der Waals surface area contributed by atoms with E-state index < -0.39 is 18.0 Å². The second kappa shape index (κ2) is 5.69. The normalized spacial score (nSPS) is 29.0. The number of carboxylic acids is 1. The Hall–Kier alpha value is -1.54. The third kappa shape index (κ3) is 2.53. The van der Waals surface area contributed by atoms with Crippen molar-refractivity contribution in [1.82, 2.24) is 10.2 Å². The Labute approximate surface area is 126 Å². The first kappa shape index (κ1) is 15.8. The molecule has 2 aliphatic heterocycles. The SMILES string of the molecule is CC(=O)NCSC1=C(C(=O)O)N2C(=O)[C@H](C(C)O)[C@H]2[C@H]1C. The number of aliphatic hydroxyl groups is 1. The number of aliphatic hydroxyl groups excluding tert-OH is 1. The van der Waals surface area contributed by atoms with Gasteiger partial charge in [0.15, 0.2) is 0 Å². The van der Waals surface area contributed by atoms with E-state index in [9.17, 15) is 24.6 Å². The topological polar surface area (TPSA) is 107 Å². The molecule has 0 spiro atoms. The molecule has 0 aliphatic carbocycles. The van der Waals surface area contributed by atoms with Crippen molar-refractivity contribution >= 4 is 29.5 Å². The van der Waals surface area contributed by atoms with Crippen LogP contribution < -0.4 is 5.32 Å². The molecule has 2 aliphatic rings. The van der Waals surface area contributed by atoms with Gasteiger partial charge in [-0.05, 0) is 6.92 Å². The number of carbonyl (C=O) groups excluding carboxylic acids is 2. The van der Waals surface area contributed by atoms with Crippen molar-refractivity contribution in [2.45, 2.75) is 32.9 Å². The number of carboxylic acid groups (broad SMARTS) is 1. The zero-order chi connectivity index (χ0) is 15.9. The Balaban J connectivity index is 2.23. The Kier molecular flexibility index (Phi) is 4.29. The molecular formula is C13H18N2O5S. The van der Waals surface area contributed by atoms with Gasteiger partial charge in [0.1, 0.15) is 5.70 Å². The summed E-state index contributed by atoms with van der Waals surface area (Å²) in [5.41, 5.74) is -0.0234. The van der Waals surface area contributed by atoms with Crippen LogP contribution >= 0.6 is 11.8 Å². The molecule has 1 saturated heterocycles. The molecule has 0 radical (unpaired) electrons. The highest BCUT2D eigenvalue weighted by atomic mass is 32.2. The van der Waals surface area contributed by atoms with E-state index in [-0.39, 0.29) is 35.3 Å². The van der Waals surface area contributed by atoms with E-state index in [0.29, 0.717) is 4.91 Å². The van der Waals surface area contributed by atoms with Crippen molar-refractivity contribution in [3.05, 3.63) is 10.6 Å². The molecule has 2 amide bonds. The molecule has 2 heterocycles. The molecule has 116 valence electrons. The summed E-state index contributed by atoms with van der Waals surface area (Å²) < 4.78 is 0. The summed E-state index contributed by atoms with van der Waals surface area (Å²) in [4.78, 5) is 36.2. The first-order valence-corrected chi connectivity index (χ1v) is 7.61. The highest BCUT2D eigenvalue weighted by molar-refractivity contribution is 8.03. The molecule has 0 saturated carbocycles. The number of fused-ring (bicyclic) bond motifs is 1. The van der Waals surface area contributed by atoms with Crippen molar-refractivity contribution in [3.8, 4) is 0 Å². The highest BCUT2D eigenvalue weighted by Crippen LogP contribution is 2.50. The van der Waals surface area contributed by atoms with Gasteiger partial charge in [-0.1, -0.05) is 6.92 Å². The summed E-state index contributed by atoms with van der Waals surface area (Å²) in [5, 5.41) is 21.6. The summed E-state index contributed by atoms with van der Waals surface area (Å²) in [7, 11) is 0. The van der Waals surface area contributed by atoms with Gasteiger partial charge in [-0.3, -0.25) is 9.59 Å². The van der Waals surface area contributed by atoms with E-state index in [4.69, 9.17) is 0 Å². The lowest BCUT2D eigenvalue weighted by Crippen LogP contribution is -2.63. The van der Waals surface area contributed by atoms with Gasteiger partial charge in [0, 0.05) is 17.7 Å². The molecule has 4 atom stereocenters. The maximum Gasteiger partial charge on any atom is 0.353 e. The molecule has 21 heavy (non-hydrogen) atoms. The van der Waals surface area contributed by atoms with Crippen LogP contribution in [0.4, 0.5) is 0 Å².